The van der Waals surface area contributed by atoms with Crippen LogP contribution in [0.1, 0.15) is 35.1 Å². The minimum Gasteiger partial charge on any atom is -0.466 e. The van der Waals surface area contributed by atoms with Crippen LogP contribution in [0, 0.1) is 27.7 Å². The molecule has 0 bridgehead atoms. The number of aryl methyl sites for hydroxylation is 4. The quantitative estimate of drug-likeness (QED) is 0.811. The van der Waals surface area contributed by atoms with E-state index < -0.39 is 23.4 Å². The minimum absolute atomic E-state index is 0.358. The number of nitrogens with zero attached hydrogens (tertiary/aromatic N) is 1. The second kappa shape index (κ2) is 6.57. The van der Waals surface area contributed by atoms with Gasteiger partial charge in [0.1, 0.15) is 23.6 Å². The number of benzene rings is 1. The third-order valence-electron chi connectivity index (χ3n) is 4.95. The first-order chi connectivity index (χ1) is 12.6. The highest BCUT2D eigenvalue weighted by Gasteiger charge is 2.51. The van der Waals surface area contributed by atoms with Gasteiger partial charge in [-0.2, -0.15) is 0 Å². The van der Waals surface area contributed by atoms with E-state index in [-0.39, 0.29) is 6.54 Å². The van der Waals surface area contributed by atoms with Crippen LogP contribution in [0.15, 0.2) is 28.7 Å². The van der Waals surface area contributed by atoms with Crippen LogP contribution in [0.25, 0.3) is 0 Å². The highest BCUT2D eigenvalue weighted by atomic mass is 16.3. The Kier molecular flexibility index (Phi) is 4.55. The molecule has 4 amide bonds. The molecule has 1 aromatic carbocycles. The topological polar surface area (TPSA) is 91.7 Å². The van der Waals surface area contributed by atoms with Crippen molar-refractivity contribution in [3.63, 3.8) is 0 Å². The summed E-state index contributed by atoms with van der Waals surface area (Å²) in [4.78, 5) is 38.6. The van der Waals surface area contributed by atoms with Gasteiger partial charge in [0.05, 0.1) is 0 Å². The lowest BCUT2D eigenvalue weighted by atomic mass is 9.92. The van der Waals surface area contributed by atoms with Gasteiger partial charge in [0.25, 0.3) is 5.91 Å². The third-order valence-corrected chi connectivity index (χ3v) is 4.95. The van der Waals surface area contributed by atoms with E-state index in [1.807, 2.05) is 26.0 Å². The van der Waals surface area contributed by atoms with Crippen LogP contribution < -0.4 is 10.6 Å². The van der Waals surface area contributed by atoms with Crippen molar-refractivity contribution in [2.75, 3.05) is 11.9 Å². The van der Waals surface area contributed by atoms with Gasteiger partial charge in [-0.3, -0.25) is 14.5 Å². The van der Waals surface area contributed by atoms with Crippen molar-refractivity contribution in [3.8, 4) is 0 Å². The van der Waals surface area contributed by atoms with Crippen molar-refractivity contribution in [2.45, 2.75) is 40.2 Å². The Morgan fingerprint density at radius 1 is 1.15 bits per heavy atom. The highest BCUT2D eigenvalue weighted by molar-refractivity contribution is 6.10. The zero-order valence-electron chi connectivity index (χ0n) is 16.1. The van der Waals surface area contributed by atoms with E-state index in [1.165, 1.54) is 0 Å². The Bertz CT molecular complexity index is 947. The summed E-state index contributed by atoms with van der Waals surface area (Å²) in [6.45, 7) is 8.70. The van der Waals surface area contributed by atoms with Crippen LogP contribution in [0.2, 0.25) is 0 Å². The molecule has 1 saturated heterocycles. The van der Waals surface area contributed by atoms with Gasteiger partial charge in [0.15, 0.2) is 0 Å². The molecule has 27 heavy (non-hydrogen) atoms. The Labute approximate surface area is 157 Å². The molecule has 2 aromatic rings. The summed E-state index contributed by atoms with van der Waals surface area (Å²) in [5.41, 5.74) is 2.12. The van der Waals surface area contributed by atoms with Crippen molar-refractivity contribution < 1.29 is 18.8 Å². The fourth-order valence-corrected chi connectivity index (χ4v) is 3.31. The lowest BCUT2D eigenvalue weighted by Crippen LogP contribution is -2.42. The molecule has 1 fully saturated rings. The van der Waals surface area contributed by atoms with Crippen LogP contribution in [0.5, 0.6) is 0 Å². The van der Waals surface area contributed by atoms with E-state index in [9.17, 15) is 14.4 Å². The number of nitrogens with one attached hydrogen (secondary N) is 2. The Morgan fingerprint density at radius 2 is 1.85 bits per heavy atom. The molecular formula is C20H23N3O4. The second-order valence-corrected chi connectivity index (χ2v) is 7.12. The average molecular weight is 369 g/mol. The van der Waals surface area contributed by atoms with E-state index in [0.717, 1.165) is 16.0 Å². The first-order valence-electron chi connectivity index (χ1n) is 8.70. The molecule has 2 N–H and O–H groups in total. The molecule has 2 heterocycles. The SMILES string of the molecule is Cc1cc(C2(C)NC(=O)N(CC(=O)Nc3ccc(C)c(C)c3)C2=O)c(C)o1. The van der Waals surface area contributed by atoms with Gasteiger partial charge < -0.3 is 15.1 Å². The number of furan rings is 1. The van der Waals surface area contributed by atoms with Gasteiger partial charge in [-0.25, -0.2) is 4.79 Å². The second-order valence-electron chi connectivity index (χ2n) is 7.12. The number of amides is 4. The van der Waals surface area contributed by atoms with Crippen molar-refractivity contribution in [1.82, 2.24) is 10.2 Å². The average Bonchev–Trinajstić information content (AvgIpc) is 3.03. The van der Waals surface area contributed by atoms with E-state index in [2.05, 4.69) is 10.6 Å². The minimum atomic E-state index is -1.25. The number of rotatable bonds is 4. The molecule has 1 aliphatic heterocycles. The largest absolute Gasteiger partial charge is 0.466 e. The van der Waals surface area contributed by atoms with E-state index in [4.69, 9.17) is 4.42 Å². The fourth-order valence-electron chi connectivity index (χ4n) is 3.31. The monoisotopic (exact) mass is 369 g/mol. The predicted octanol–water partition coefficient (Wildman–Crippen LogP) is 2.92. The van der Waals surface area contributed by atoms with E-state index in [0.29, 0.717) is 22.8 Å². The summed E-state index contributed by atoms with van der Waals surface area (Å²) in [5, 5.41) is 5.41. The van der Waals surface area contributed by atoms with Gasteiger partial charge >= 0.3 is 6.03 Å². The Balaban J connectivity index is 1.76. The predicted molar refractivity (Wildman–Crippen MR) is 100 cm³/mol. The molecule has 3 rings (SSSR count). The first-order valence-corrected chi connectivity index (χ1v) is 8.70. The van der Waals surface area contributed by atoms with Gasteiger partial charge in [-0.1, -0.05) is 6.07 Å². The number of urea groups is 1. The summed E-state index contributed by atoms with van der Waals surface area (Å²) in [6.07, 6.45) is 0. The standard InChI is InChI=1S/C20H23N3O4/c1-11-6-7-15(8-12(11)2)21-17(24)10-23-18(25)20(5,22-19(23)26)16-9-13(3)27-14(16)4/h6-9H,10H2,1-5H3,(H,21,24)(H,22,26). The van der Waals surface area contributed by atoms with Crippen LogP contribution >= 0.6 is 0 Å². The molecule has 7 heteroatoms. The number of imide groups is 1. The highest BCUT2D eigenvalue weighted by Crippen LogP contribution is 2.32. The van der Waals surface area contributed by atoms with Crippen molar-refractivity contribution >= 4 is 23.5 Å². The summed E-state index contributed by atoms with van der Waals surface area (Å²) >= 11 is 0. The molecule has 0 aliphatic carbocycles. The van der Waals surface area contributed by atoms with Crippen molar-refractivity contribution in [3.05, 3.63) is 52.5 Å². The first kappa shape index (κ1) is 18.7. The molecular weight excluding hydrogens is 346 g/mol. The molecule has 142 valence electrons. The maximum Gasteiger partial charge on any atom is 0.325 e. The lowest BCUT2D eigenvalue weighted by molar-refractivity contribution is -0.133. The number of hydrogen-bond donors (Lipinski definition) is 2. The summed E-state index contributed by atoms with van der Waals surface area (Å²) < 4.78 is 5.49. The lowest BCUT2D eigenvalue weighted by Gasteiger charge is -2.21. The number of anilines is 1. The molecule has 0 saturated carbocycles. The Hall–Kier alpha value is -3.09. The van der Waals surface area contributed by atoms with E-state index in [1.54, 1.807) is 32.9 Å². The Morgan fingerprint density at radius 3 is 2.44 bits per heavy atom. The molecule has 1 atom stereocenters. The molecule has 1 unspecified atom stereocenters. The van der Waals surface area contributed by atoms with Gasteiger partial charge in [0, 0.05) is 11.3 Å². The summed E-state index contributed by atoms with van der Waals surface area (Å²) in [5.74, 6) is 0.291. The fraction of sp³-hybridized carbons (Fsp3) is 0.350. The smallest absolute Gasteiger partial charge is 0.325 e. The van der Waals surface area contributed by atoms with E-state index >= 15 is 0 Å². The zero-order chi connectivity index (χ0) is 19.9. The van der Waals surface area contributed by atoms with Crippen molar-refractivity contribution in [2.24, 2.45) is 0 Å². The molecule has 7 nitrogen and oxygen atoms in total. The maximum absolute atomic E-state index is 12.9. The van der Waals surface area contributed by atoms with Crippen molar-refractivity contribution in [1.29, 1.82) is 0 Å². The molecule has 0 spiro atoms. The van der Waals surface area contributed by atoms with Crippen LogP contribution in [-0.2, 0) is 15.1 Å². The number of carbonyl (C=O) groups is 3. The van der Waals surface area contributed by atoms with Gasteiger partial charge in [0.2, 0.25) is 5.91 Å². The normalized spacial score (nSPS) is 19.4. The summed E-state index contributed by atoms with van der Waals surface area (Å²) in [6, 6.07) is 6.66. The van der Waals surface area contributed by atoms with Crippen LogP contribution in [0.4, 0.5) is 10.5 Å². The molecule has 0 radical (unpaired) electrons. The zero-order valence-corrected chi connectivity index (χ0v) is 16.1. The van der Waals surface area contributed by atoms with Crippen LogP contribution in [0.3, 0.4) is 0 Å². The molecule has 1 aliphatic rings. The number of carbonyl (C=O) groups excluding carboxylic acids is 3. The summed E-state index contributed by atoms with van der Waals surface area (Å²) in [7, 11) is 0. The van der Waals surface area contributed by atoms with Crippen LogP contribution in [-0.4, -0.2) is 29.3 Å². The number of hydrogen-bond acceptors (Lipinski definition) is 4. The third kappa shape index (κ3) is 3.32. The molecule has 1 aromatic heterocycles. The van der Waals surface area contributed by atoms with Gasteiger partial charge in [-0.15, -0.1) is 0 Å². The van der Waals surface area contributed by atoms with Gasteiger partial charge in [-0.05, 0) is 63.9 Å². The maximum atomic E-state index is 12.9.